The first-order valence-electron chi connectivity index (χ1n) is 8.14. The molecule has 0 aliphatic rings. The largest absolute Gasteiger partial charge is 0.492 e. The van der Waals surface area contributed by atoms with E-state index in [9.17, 15) is 14.7 Å². The van der Waals surface area contributed by atoms with E-state index >= 15 is 0 Å². The van der Waals surface area contributed by atoms with E-state index in [4.69, 9.17) is 9.05 Å². The van der Waals surface area contributed by atoms with Crippen LogP contribution in [0.15, 0.2) is 84.9 Å². The normalized spacial score (nSPS) is 12.2. The maximum absolute atomic E-state index is 13.7. The van der Waals surface area contributed by atoms with Crippen LogP contribution in [0, 0.1) is 10.1 Å². The molecule has 3 rings (SSSR count). The van der Waals surface area contributed by atoms with Gasteiger partial charge in [0, 0.05) is 17.7 Å². The van der Waals surface area contributed by atoms with Gasteiger partial charge in [-0.2, -0.15) is 0 Å². The number of hydrogen-bond acceptors (Lipinski definition) is 5. The average molecular weight is 385 g/mol. The highest BCUT2D eigenvalue weighted by molar-refractivity contribution is 7.54. The molecule has 0 saturated carbocycles. The Labute approximate surface area is 156 Å². The minimum absolute atomic E-state index is 0.118. The fourth-order valence-electron chi connectivity index (χ4n) is 2.43. The number of nitro groups is 1. The number of quaternary nitrogens is 1. The predicted molar refractivity (Wildman–Crippen MR) is 100 cm³/mol. The van der Waals surface area contributed by atoms with Crippen LogP contribution in [0.1, 0.15) is 11.3 Å². The van der Waals surface area contributed by atoms with Gasteiger partial charge < -0.3 is 14.8 Å². The van der Waals surface area contributed by atoms with Crippen LogP contribution in [-0.2, 0) is 4.57 Å². The summed E-state index contributed by atoms with van der Waals surface area (Å²) < 4.78 is 25.1. The lowest BCUT2D eigenvalue weighted by atomic mass is 10.2. The molecule has 0 fully saturated rings. The van der Waals surface area contributed by atoms with Gasteiger partial charge in [0.15, 0.2) is 0 Å². The molecule has 3 aromatic rings. The monoisotopic (exact) mass is 385 g/mol. The molecule has 3 N–H and O–H groups in total. The number of nitrogens with zero attached hydrogens (tertiary/aromatic N) is 1. The van der Waals surface area contributed by atoms with Crippen molar-refractivity contribution in [2.24, 2.45) is 0 Å². The Balaban J connectivity index is 1.99. The van der Waals surface area contributed by atoms with Crippen molar-refractivity contribution in [2.45, 2.75) is 5.78 Å². The van der Waals surface area contributed by atoms with Crippen molar-refractivity contribution in [3.63, 3.8) is 0 Å². The molecule has 3 aromatic carbocycles. The van der Waals surface area contributed by atoms with Crippen LogP contribution in [0.3, 0.4) is 0 Å². The van der Waals surface area contributed by atoms with Gasteiger partial charge in [-0.25, -0.2) is 4.57 Å². The van der Waals surface area contributed by atoms with Gasteiger partial charge >= 0.3 is 7.60 Å². The molecule has 0 aliphatic carbocycles. The van der Waals surface area contributed by atoms with Crippen LogP contribution < -0.4 is 14.8 Å². The van der Waals surface area contributed by atoms with Gasteiger partial charge in [0.1, 0.15) is 11.5 Å². The standard InChI is InChI=1S/C19H17N2O5P/c20-19(15-8-7-9-16(14-15)21(22)23)27(24,25-17-10-3-1-4-11-17)26-18-12-5-2-6-13-18/h1-14,19H,20H2/p+1/t19-/m1/s1. The van der Waals surface area contributed by atoms with Crippen LogP contribution >= 0.6 is 7.60 Å². The molecule has 7 nitrogen and oxygen atoms in total. The van der Waals surface area contributed by atoms with Gasteiger partial charge in [0.2, 0.25) is 5.78 Å². The van der Waals surface area contributed by atoms with Crippen molar-refractivity contribution in [1.29, 1.82) is 0 Å². The number of rotatable bonds is 7. The summed E-state index contributed by atoms with van der Waals surface area (Å²) in [6.45, 7) is 0. The molecule has 0 saturated heterocycles. The average Bonchev–Trinajstić information content (AvgIpc) is 2.69. The molecule has 0 amide bonds. The Bertz CT molecular complexity index is 921. The Morgan fingerprint density at radius 1 is 0.852 bits per heavy atom. The molecule has 138 valence electrons. The Morgan fingerprint density at radius 2 is 1.37 bits per heavy atom. The first kappa shape index (κ1) is 18.6. The Hall–Kier alpha value is -3.15. The van der Waals surface area contributed by atoms with Gasteiger partial charge in [-0.15, -0.1) is 0 Å². The fraction of sp³-hybridized carbons (Fsp3) is 0.0526. The van der Waals surface area contributed by atoms with Crippen molar-refractivity contribution < 1.29 is 24.3 Å². The van der Waals surface area contributed by atoms with Crippen molar-refractivity contribution in [3.05, 3.63) is 101 Å². The smallest absolute Gasteiger partial charge is 0.412 e. The van der Waals surface area contributed by atoms with Gasteiger partial charge in [0.05, 0.1) is 4.92 Å². The Morgan fingerprint density at radius 3 is 1.85 bits per heavy atom. The van der Waals surface area contributed by atoms with E-state index in [1.807, 2.05) is 0 Å². The maximum atomic E-state index is 13.7. The summed E-state index contributed by atoms with van der Waals surface area (Å²) in [5, 5.41) is 11.1. The SMILES string of the molecule is [NH3+][C@@H](c1cccc([N+](=O)[O-])c1)P(=O)(Oc1ccccc1)Oc1ccccc1. The zero-order valence-corrected chi connectivity index (χ0v) is 15.2. The molecule has 0 spiro atoms. The second kappa shape index (κ2) is 8.03. The summed E-state index contributed by atoms with van der Waals surface area (Å²) in [6, 6.07) is 23.0. The highest BCUT2D eigenvalue weighted by Crippen LogP contribution is 2.56. The number of nitro benzene ring substituents is 1. The van der Waals surface area contributed by atoms with Crippen LogP contribution in [0.5, 0.6) is 11.5 Å². The van der Waals surface area contributed by atoms with Gasteiger partial charge in [0.25, 0.3) is 5.69 Å². The van der Waals surface area contributed by atoms with E-state index in [0.717, 1.165) is 0 Å². The molecule has 0 unspecified atom stereocenters. The van der Waals surface area contributed by atoms with Gasteiger partial charge in [-0.3, -0.25) is 10.1 Å². The van der Waals surface area contributed by atoms with Gasteiger partial charge in [-0.1, -0.05) is 48.5 Å². The molecule has 0 aliphatic heterocycles. The minimum Gasteiger partial charge on any atom is -0.412 e. The van der Waals surface area contributed by atoms with Crippen molar-refractivity contribution >= 4 is 13.3 Å². The lowest BCUT2D eigenvalue weighted by Crippen LogP contribution is -2.54. The molecular formula is C19H18N2O5P+. The van der Waals surface area contributed by atoms with E-state index < -0.39 is 18.3 Å². The Kier molecular flexibility index (Phi) is 5.54. The summed E-state index contributed by atoms with van der Waals surface area (Å²) in [6.07, 6.45) is 0. The summed E-state index contributed by atoms with van der Waals surface area (Å²) in [5.41, 5.74) is 4.21. The maximum Gasteiger partial charge on any atom is 0.492 e. The summed E-state index contributed by atoms with van der Waals surface area (Å²) >= 11 is 0. The lowest BCUT2D eigenvalue weighted by Gasteiger charge is -2.23. The molecule has 8 heteroatoms. The molecule has 0 heterocycles. The third-order valence-corrected chi connectivity index (χ3v) is 5.79. The highest BCUT2D eigenvalue weighted by Gasteiger charge is 2.42. The predicted octanol–water partition coefficient (Wildman–Crippen LogP) is 4.19. The van der Waals surface area contributed by atoms with E-state index in [0.29, 0.717) is 17.1 Å². The number of non-ortho nitro benzene ring substituents is 1. The molecule has 0 aromatic heterocycles. The van der Waals surface area contributed by atoms with E-state index in [1.54, 1.807) is 66.7 Å². The van der Waals surface area contributed by atoms with E-state index in [2.05, 4.69) is 5.73 Å². The van der Waals surface area contributed by atoms with Crippen LogP contribution in [0.2, 0.25) is 0 Å². The molecular weight excluding hydrogens is 367 g/mol. The number of hydrogen-bond donors (Lipinski definition) is 1. The first-order chi connectivity index (χ1) is 13.0. The quantitative estimate of drug-likeness (QED) is 0.373. The second-order valence-corrected chi connectivity index (χ2v) is 7.78. The van der Waals surface area contributed by atoms with Gasteiger partial charge in [-0.05, 0) is 24.3 Å². The third-order valence-electron chi connectivity index (χ3n) is 3.80. The van der Waals surface area contributed by atoms with Crippen molar-refractivity contribution in [3.8, 4) is 11.5 Å². The van der Waals surface area contributed by atoms with Crippen LogP contribution in [-0.4, -0.2) is 4.92 Å². The topological polar surface area (TPSA) is 106 Å². The molecule has 0 radical (unpaired) electrons. The van der Waals surface area contributed by atoms with Crippen LogP contribution in [0.4, 0.5) is 5.69 Å². The first-order valence-corrected chi connectivity index (χ1v) is 9.75. The fourth-order valence-corrected chi connectivity index (χ4v) is 4.08. The van der Waals surface area contributed by atoms with Crippen molar-refractivity contribution in [2.75, 3.05) is 0 Å². The molecule has 0 bridgehead atoms. The summed E-state index contributed by atoms with van der Waals surface area (Å²) in [5.74, 6) is -0.260. The number of para-hydroxylation sites is 2. The third kappa shape index (κ3) is 4.53. The summed E-state index contributed by atoms with van der Waals surface area (Å²) in [4.78, 5) is 10.5. The van der Waals surface area contributed by atoms with Crippen molar-refractivity contribution in [1.82, 2.24) is 0 Å². The minimum atomic E-state index is -3.86. The lowest BCUT2D eigenvalue weighted by molar-refractivity contribution is -0.400. The molecule has 27 heavy (non-hydrogen) atoms. The zero-order valence-electron chi connectivity index (χ0n) is 14.3. The highest BCUT2D eigenvalue weighted by atomic mass is 31.2. The van der Waals surface area contributed by atoms with E-state index in [1.165, 1.54) is 18.2 Å². The molecule has 1 atom stereocenters. The summed E-state index contributed by atoms with van der Waals surface area (Å²) in [7, 11) is -3.86. The number of benzene rings is 3. The second-order valence-electron chi connectivity index (χ2n) is 5.72. The zero-order chi connectivity index (χ0) is 19.3. The van der Waals surface area contributed by atoms with E-state index in [-0.39, 0.29) is 5.69 Å². The van der Waals surface area contributed by atoms with Crippen LogP contribution in [0.25, 0.3) is 0 Å².